The number of rotatable bonds is 3. The van der Waals surface area contributed by atoms with Gasteiger partial charge in [-0.05, 0) is 18.6 Å². The summed E-state index contributed by atoms with van der Waals surface area (Å²) in [5.74, 6) is 6.30. The highest BCUT2D eigenvalue weighted by molar-refractivity contribution is 5.85. The Labute approximate surface area is 103 Å². The molecule has 1 aliphatic heterocycles. The van der Waals surface area contributed by atoms with Crippen LogP contribution in [0.3, 0.4) is 0 Å². The third-order valence-electron chi connectivity index (χ3n) is 2.67. The van der Waals surface area contributed by atoms with Crippen molar-refractivity contribution in [3.63, 3.8) is 0 Å². The van der Waals surface area contributed by atoms with Gasteiger partial charge in [0.05, 0.1) is 5.71 Å². The fraction of sp³-hybridized carbons (Fsp3) is 0.400. The lowest BCUT2D eigenvalue weighted by molar-refractivity contribution is 0.0894. The predicted octanol–water partition coefficient (Wildman–Crippen LogP) is 3.37. The maximum Gasteiger partial charge on any atom is 0.143 e. The van der Waals surface area contributed by atoms with Crippen molar-refractivity contribution in [2.75, 3.05) is 0 Å². The summed E-state index contributed by atoms with van der Waals surface area (Å²) in [5, 5.41) is 4.08. The van der Waals surface area contributed by atoms with E-state index in [1.807, 2.05) is 30.3 Å². The van der Waals surface area contributed by atoms with Crippen molar-refractivity contribution in [1.29, 1.82) is 0 Å². The minimum Gasteiger partial charge on any atom is -0.391 e. The second-order valence-corrected chi connectivity index (χ2v) is 4.21. The van der Waals surface area contributed by atoms with Crippen molar-refractivity contribution in [2.24, 2.45) is 5.16 Å². The predicted molar refractivity (Wildman–Crippen MR) is 69.8 cm³/mol. The van der Waals surface area contributed by atoms with Crippen LogP contribution < -0.4 is 0 Å². The van der Waals surface area contributed by atoms with Crippen molar-refractivity contribution < 1.29 is 4.84 Å². The van der Waals surface area contributed by atoms with E-state index in [9.17, 15) is 0 Å². The molecule has 0 bridgehead atoms. The number of benzene rings is 1. The molecule has 2 heteroatoms. The van der Waals surface area contributed by atoms with Crippen LogP contribution in [0.25, 0.3) is 0 Å². The molecule has 0 saturated carbocycles. The Balaban J connectivity index is 1.80. The lowest BCUT2D eigenvalue weighted by Crippen LogP contribution is -2.06. The molecule has 0 spiro atoms. The molecule has 0 aliphatic carbocycles. The molecular weight excluding hydrogens is 210 g/mol. The molecule has 0 aromatic heterocycles. The molecular formula is C15H17NO. The van der Waals surface area contributed by atoms with Gasteiger partial charge in [0.15, 0.2) is 0 Å². The van der Waals surface area contributed by atoms with Gasteiger partial charge in [0.2, 0.25) is 0 Å². The maximum atomic E-state index is 5.34. The van der Waals surface area contributed by atoms with Crippen LogP contribution >= 0.6 is 0 Å². The summed E-state index contributed by atoms with van der Waals surface area (Å²) in [6.07, 6.45) is 4.03. The molecule has 17 heavy (non-hydrogen) atoms. The first-order valence-electron chi connectivity index (χ1n) is 6.14. The van der Waals surface area contributed by atoms with Gasteiger partial charge in [0, 0.05) is 18.4 Å². The second kappa shape index (κ2) is 6.10. The minimum atomic E-state index is 0.160. The summed E-state index contributed by atoms with van der Waals surface area (Å²) in [6.45, 7) is 2.16. The van der Waals surface area contributed by atoms with E-state index in [-0.39, 0.29) is 6.10 Å². The van der Waals surface area contributed by atoms with Crippen molar-refractivity contribution in [1.82, 2.24) is 0 Å². The van der Waals surface area contributed by atoms with Gasteiger partial charge in [-0.15, -0.1) is 0 Å². The summed E-state index contributed by atoms with van der Waals surface area (Å²) in [6, 6.07) is 10.0. The van der Waals surface area contributed by atoms with Crippen LogP contribution in [0.1, 0.15) is 38.2 Å². The molecule has 1 aromatic rings. The Morgan fingerprint density at radius 1 is 1.35 bits per heavy atom. The Kier molecular flexibility index (Phi) is 4.21. The quantitative estimate of drug-likeness (QED) is 0.725. The Bertz CT molecular complexity index is 439. The van der Waals surface area contributed by atoms with E-state index in [0.29, 0.717) is 0 Å². The topological polar surface area (TPSA) is 21.6 Å². The summed E-state index contributed by atoms with van der Waals surface area (Å²) in [7, 11) is 0. The molecule has 1 aliphatic rings. The lowest BCUT2D eigenvalue weighted by atomic mass is 10.1. The van der Waals surface area contributed by atoms with Crippen molar-refractivity contribution >= 4 is 5.71 Å². The van der Waals surface area contributed by atoms with Gasteiger partial charge in [0.25, 0.3) is 0 Å². The van der Waals surface area contributed by atoms with Gasteiger partial charge < -0.3 is 4.84 Å². The standard InChI is InChI=1S/C15H17NO/c1-2-7-14-12-15(17-16-14)11-6-10-13-8-4-3-5-9-13/h3-5,8-9,15H,2,7,11-12H2,1H3. The summed E-state index contributed by atoms with van der Waals surface area (Å²) < 4.78 is 0. The second-order valence-electron chi connectivity index (χ2n) is 4.21. The molecule has 1 atom stereocenters. The van der Waals surface area contributed by atoms with E-state index < -0.39 is 0 Å². The monoisotopic (exact) mass is 227 g/mol. The van der Waals surface area contributed by atoms with E-state index in [2.05, 4.69) is 23.9 Å². The zero-order valence-corrected chi connectivity index (χ0v) is 10.1. The highest BCUT2D eigenvalue weighted by Gasteiger charge is 2.18. The normalized spacial score (nSPS) is 17.9. The first-order valence-corrected chi connectivity index (χ1v) is 6.14. The van der Waals surface area contributed by atoms with Gasteiger partial charge >= 0.3 is 0 Å². The number of nitrogens with zero attached hydrogens (tertiary/aromatic N) is 1. The molecule has 0 amide bonds. The molecule has 0 N–H and O–H groups in total. The summed E-state index contributed by atoms with van der Waals surface area (Å²) in [4.78, 5) is 5.34. The van der Waals surface area contributed by atoms with Gasteiger partial charge in [0.1, 0.15) is 6.10 Å². The van der Waals surface area contributed by atoms with Crippen LogP contribution in [0.15, 0.2) is 35.5 Å². The van der Waals surface area contributed by atoms with Crippen LogP contribution in [-0.2, 0) is 4.84 Å². The third kappa shape index (κ3) is 3.64. The summed E-state index contributed by atoms with van der Waals surface area (Å²) >= 11 is 0. The largest absolute Gasteiger partial charge is 0.391 e. The van der Waals surface area contributed by atoms with Crippen molar-refractivity contribution in [2.45, 2.75) is 38.7 Å². The molecule has 1 aromatic carbocycles. The molecule has 1 unspecified atom stereocenters. The Morgan fingerprint density at radius 3 is 2.94 bits per heavy atom. The van der Waals surface area contributed by atoms with E-state index >= 15 is 0 Å². The van der Waals surface area contributed by atoms with Crippen LogP contribution in [0, 0.1) is 11.8 Å². The Morgan fingerprint density at radius 2 is 2.18 bits per heavy atom. The molecule has 2 rings (SSSR count). The molecule has 0 fully saturated rings. The number of hydrogen-bond acceptors (Lipinski definition) is 2. The first-order chi connectivity index (χ1) is 8.38. The zero-order chi connectivity index (χ0) is 11.9. The molecule has 88 valence electrons. The third-order valence-corrected chi connectivity index (χ3v) is 2.67. The number of oxime groups is 1. The van der Waals surface area contributed by atoms with Crippen LogP contribution in [0.5, 0.6) is 0 Å². The minimum absolute atomic E-state index is 0.160. The maximum absolute atomic E-state index is 5.34. The molecule has 1 heterocycles. The average molecular weight is 227 g/mol. The highest BCUT2D eigenvalue weighted by atomic mass is 16.6. The molecule has 0 saturated heterocycles. The van der Waals surface area contributed by atoms with Crippen molar-refractivity contribution in [3.8, 4) is 11.8 Å². The van der Waals surface area contributed by atoms with Gasteiger partial charge in [-0.3, -0.25) is 0 Å². The average Bonchev–Trinajstić information content (AvgIpc) is 2.79. The van der Waals surface area contributed by atoms with E-state index in [1.165, 1.54) is 5.71 Å². The smallest absolute Gasteiger partial charge is 0.143 e. The van der Waals surface area contributed by atoms with E-state index in [0.717, 1.165) is 31.2 Å². The SMILES string of the molecule is CCCC1=NOC(CC#Cc2ccccc2)C1. The van der Waals surface area contributed by atoms with Gasteiger partial charge in [-0.1, -0.05) is 48.5 Å². The highest BCUT2D eigenvalue weighted by Crippen LogP contribution is 2.16. The van der Waals surface area contributed by atoms with Crippen LogP contribution in [-0.4, -0.2) is 11.8 Å². The Hall–Kier alpha value is -1.75. The van der Waals surface area contributed by atoms with E-state index in [4.69, 9.17) is 4.84 Å². The van der Waals surface area contributed by atoms with Gasteiger partial charge in [-0.25, -0.2) is 0 Å². The number of hydrogen-bond donors (Lipinski definition) is 0. The molecule has 0 radical (unpaired) electrons. The lowest BCUT2D eigenvalue weighted by Gasteiger charge is -2.01. The fourth-order valence-corrected chi connectivity index (χ4v) is 1.82. The van der Waals surface area contributed by atoms with Crippen LogP contribution in [0.2, 0.25) is 0 Å². The van der Waals surface area contributed by atoms with Crippen LogP contribution in [0.4, 0.5) is 0 Å². The van der Waals surface area contributed by atoms with Crippen molar-refractivity contribution in [3.05, 3.63) is 35.9 Å². The first kappa shape index (κ1) is 11.7. The summed E-state index contributed by atoms with van der Waals surface area (Å²) in [5.41, 5.74) is 2.24. The van der Waals surface area contributed by atoms with E-state index in [1.54, 1.807) is 0 Å². The fourth-order valence-electron chi connectivity index (χ4n) is 1.82. The molecule has 2 nitrogen and oxygen atoms in total. The zero-order valence-electron chi connectivity index (χ0n) is 10.1. The van der Waals surface area contributed by atoms with Gasteiger partial charge in [-0.2, -0.15) is 0 Å².